The van der Waals surface area contributed by atoms with E-state index in [0.717, 1.165) is 22.9 Å². The summed E-state index contributed by atoms with van der Waals surface area (Å²) < 4.78 is 1.55. The molecule has 0 radical (unpaired) electrons. The summed E-state index contributed by atoms with van der Waals surface area (Å²) in [5.74, 6) is 0.237. The van der Waals surface area contributed by atoms with Crippen molar-refractivity contribution in [2.45, 2.75) is 19.9 Å². The largest absolute Gasteiger partial charge is 0.492 e. The molecular formula is C18H25N5OS+2. The molecule has 2 aromatic heterocycles. The number of rotatable bonds is 4. The lowest BCUT2D eigenvalue weighted by Crippen LogP contribution is -3.28. The van der Waals surface area contributed by atoms with Gasteiger partial charge in [-0.2, -0.15) is 9.61 Å². The Bertz CT molecular complexity index is 848. The molecule has 1 aromatic carbocycles. The SMILES string of the molecule is CC[NH+]1CC[NH+]([C@@H](c2ccc(C)cc2)c2sc3ncnn3c2O)CC1. The number of quaternary nitrogens is 2. The first kappa shape index (κ1) is 16.5. The van der Waals surface area contributed by atoms with Crippen molar-refractivity contribution in [3.05, 3.63) is 46.6 Å². The van der Waals surface area contributed by atoms with E-state index >= 15 is 0 Å². The lowest BCUT2D eigenvalue weighted by Gasteiger charge is -2.34. The second-order valence-corrected chi connectivity index (χ2v) is 7.86. The lowest BCUT2D eigenvalue weighted by atomic mass is 10.0. The predicted molar refractivity (Wildman–Crippen MR) is 97.5 cm³/mol. The summed E-state index contributed by atoms with van der Waals surface area (Å²) in [6.45, 7) is 10.1. The van der Waals surface area contributed by atoms with Crippen LogP contribution in [0.3, 0.4) is 0 Å². The third-order valence-corrected chi connectivity index (χ3v) is 6.42. The molecule has 4 rings (SSSR count). The Hall–Kier alpha value is -1.96. The smallest absolute Gasteiger partial charge is 0.235 e. The number of aryl methyl sites for hydroxylation is 1. The van der Waals surface area contributed by atoms with E-state index in [-0.39, 0.29) is 11.9 Å². The normalized spacial score (nSPS) is 22.3. The van der Waals surface area contributed by atoms with Crippen LogP contribution >= 0.6 is 11.3 Å². The van der Waals surface area contributed by atoms with Crippen LogP contribution in [0.1, 0.15) is 29.0 Å². The first-order chi connectivity index (χ1) is 12.2. The number of aromatic nitrogens is 3. The number of nitrogens with one attached hydrogen (secondary N) is 2. The van der Waals surface area contributed by atoms with Crippen molar-refractivity contribution >= 4 is 16.3 Å². The molecule has 0 unspecified atom stereocenters. The molecule has 3 N–H and O–H groups in total. The average Bonchev–Trinajstić information content (AvgIpc) is 3.21. The number of likely N-dealkylation sites (N-methyl/N-ethyl adjacent to an activating group) is 1. The summed E-state index contributed by atoms with van der Waals surface area (Å²) in [7, 11) is 0. The van der Waals surface area contributed by atoms with E-state index in [2.05, 4.69) is 48.2 Å². The van der Waals surface area contributed by atoms with Crippen LogP contribution in [0, 0.1) is 6.92 Å². The van der Waals surface area contributed by atoms with E-state index in [1.807, 2.05) is 0 Å². The van der Waals surface area contributed by atoms with Gasteiger partial charge in [0.25, 0.3) is 0 Å². The Morgan fingerprint density at radius 3 is 2.56 bits per heavy atom. The summed E-state index contributed by atoms with van der Waals surface area (Å²) in [5, 5.41) is 14.9. The molecule has 0 spiro atoms. The molecule has 1 aliphatic rings. The van der Waals surface area contributed by atoms with E-state index in [1.165, 1.54) is 42.0 Å². The van der Waals surface area contributed by atoms with Crippen LogP contribution in [-0.2, 0) is 0 Å². The van der Waals surface area contributed by atoms with Gasteiger partial charge in [-0.3, -0.25) is 0 Å². The van der Waals surface area contributed by atoms with Crippen molar-refractivity contribution in [2.24, 2.45) is 0 Å². The Balaban J connectivity index is 1.74. The van der Waals surface area contributed by atoms with Gasteiger partial charge in [-0.1, -0.05) is 41.2 Å². The van der Waals surface area contributed by atoms with Crippen molar-refractivity contribution in [3.8, 4) is 5.88 Å². The molecule has 1 fully saturated rings. The summed E-state index contributed by atoms with van der Waals surface area (Å²) in [5.41, 5.74) is 2.50. The minimum Gasteiger partial charge on any atom is -0.492 e. The zero-order valence-corrected chi connectivity index (χ0v) is 15.5. The van der Waals surface area contributed by atoms with Crippen molar-refractivity contribution in [1.29, 1.82) is 0 Å². The highest BCUT2D eigenvalue weighted by Gasteiger charge is 2.35. The Morgan fingerprint density at radius 1 is 1.20 bits per heavy atom. The highest BCUT2D eigenvalue weighted by molar-refractivity contribution is 7.17. The molecule has 0 bridgehead atoms. The number of benzene rings is 1. The van der Waals surface area contributed by atoms with Gasteiger partial charge in [0.15, 0.2) is 6.04 Å². The van der Waals surface area contributed by atoms with Gasteiger partial charge in [0.2, 0.25) is 10.8 Å². The quantitative estimate of drug-likeness (QED) is 0.599. The molecule has 0 saturated carbocycles. The zero-order valence-electron chi connectivity index (χ0n) is 14.7. The van der Waals surface area contributed by atoms with E-state index in [0.29, 0.717) is 0 Å². The van der Waals surface area contributed by atoms with Crippen molar-refractivity contribution in [2.75, 3.05) is 32.7 Å². The highest BCUT2D eigenvalue weighted by Crippen LogP contribution is 2.34. The van der Waals surface area contributed by atoms with Crippen molar-refractivity contribution < 1.29 is 14.9 Å². The predicted octanol–water partition coefficient (Wildman–Crippen LogP) is -0.302. The Morgan fingerprint density at radius 2 is 1.92 bits per heavy atom. The molecule has 1 aliphatic heterocycles. The van der Waals surface area contributed by atoms with Crippen molar-refractivity contribution in [3.63, 3.8) is 0 Å². The zero-order chi connectivity index (χ0) is 17.4. The highest BCUT2D eigenvalue weighted by atomic mass is 32.1. The molecule has 1 saturated heterocycles. The van der Waals surface area contributed by atoms with Crippen LogP contribution in [0.4, 0.5) is 0 Å². The fourth-order valence-corrected chi connectivity index (χ4v) is 4.90. The minimum absolute atomic E-state index is 0.132. The first-order valence-electron chi connectivity index (χ1n) is 8.93. The maximum Gasteiger partial charge on any atom is 0.235 e. The first-order valence-corrected chi connectivity index (χ1v) is 9.75. The molecule has 0 aliphatic carbocycles. The minimum atomic E-state index is 0.132. The monoisotopic (exact) mass is 359 g/mol. The molecular weight excluding hydrogens is 334 g/mol. The van der Waals surface area contributed by atoms with Crippen LogP contribution in [0.2, 0.25) is 0 Å². The fourth-order valence-electron chi connectivity index (χ4n) is 3.78. The van der Waals surface area contributed by atoms with Gasteiger partial charge in [0, 0.05) is 5.56 Å². The van der Waals surface area contributed by atoms with E-state index in [1.54, 1.807) is 20.8 Å². The number of hydrogen-bond donors (Lipinski definition) is 3. The maximum absolute atomic E-state index is 10.7. The molecule has 3 aromatic rings. The topological polar surface area (TPSA) is 59.3 Å². The molecule has 3 heterocycles. The van der Waals surface area contributed by atoms with Crippen molar-refractivity contribution in [1.82, 2.24) is 14.6 Å². The van der Waals surface area contributed by atoms with E-state index in [4.69, 9.17) is 0 Å². The van der Waals surface area contributed by atoms with E-state index in [9.17, 15) is 5.11 Å². The van der Waals surface area contributed by atoms with Gasteiger partial charge in [-0.25, -0.2) is 4.98 Å². The van der Waals surface area contributed by atoms with Gasteiger partial charge in [0.05, 0.1) is 6.54 Å². The van der Waals surface area contributed by atoms with Crippen LogP contribution in [-0.4, -0.2) is 52.4 Å². The summed E-state index contributed by atoms with van der Waals surface area (Å²) >= 11 is 1.55. The number of thiazole rings is 1. The van der Waals surface area contributed by atoms with Crippen LogP contribution in [0.15, 0.2) is 30.6 Å². The number of nitrogens with zero attached hydrogens (tertiary/aromatic N) is 3. The van der Waals surface area contributed by atoms with Gasteiger partial charge in [-0.15, -0.1) is 0 Å². The molecule has 25 heavy (non-hydrogen) atoms. The van der Waals surface area contributed by atoms with E-state index < -0.39 is 0 Å². The average molecular weight is 359 g/mol. The second-order valence-electron chi connectivity index (χ2n) is 6.85. The lowest BCUT2D eigenvalue weighted by molar-refractivity contribution is -1.02. The summed E-state index contributed by atoms with van der Waals surface area (Å²) in [6.07, 6.45) is 1.49. The molecule has 7 heteroatoms. The van der Waals surface area contributed by atoms with Crippen LogP contribution < -0.4 is 9.80 Å². The molecule has 1 atom stereocenters. The van der Waals surface area contributed by atoms with Gasteiger partial charge in [-0.05, 0) is 13.8 Å². The van der Waals surface area contributed by atoms with Gasteiger partial charge in [0.1, 0.15) is 37.4 Å². The molecule has 132 valence electrons. The number of piperazine rings is 1. The Labute approximate surface area is 151 Å². The standard InChI is InChI=1S/C18H23N5OS/c1-3-21-8-10-22(11-9-21)15(14-6-4-13(2)5-7-14)16-17(24)23-18(25-16)19-12-20-23/h4-7,12,15,24H,3,8-11H2,1-2H3/p+2/t15-/m0/s1. The summed E-state index contributed by atoms with van der Waals surface area (Å²) in [6, 6.07) is 8.84. The number of aromatic hydroxyl groups is 1. The molecule has 0 amide bonds. The fraction of sp³-hybridized carbons (Fsp3) is 0.444. The third-order valence-electron chi connectivity index (χ3n) is 5.32. The van der Waals surface area contributed by atoms with Gasteiger partial charge < -0.3 is 14.9 Å². The molecule has 6 nitrogen and oxygen atoms in total. The maximum atomic E-state index is 10.7. The van der Waals surface area contributed by atoms with Gasteiger partial charge >= 0.3 is 0 Å². The number of fused-ring (bicyclic) bond motifs is 1. The van der Waals surface area contributed by atoms with Crippen LogP contribution in [0.25, 0.3) is 4.96 Å². The second kappa shape index (κ2) is 6.74. The van der Waals surface area contributed by atoms with Crippen LogP contribution in [0.5, 0.6) is 5.88 Å². The summed E-state index contributed by atoms with van der Waals surface area (Å²) in [4.78, 5) is 9.16. The third kappa shape index (κ3) is 3.03. The number of hydrogen-bond acceptors (Lipinski definition) is 4. The Kier molecular flexibility index (Phi) is 4.45.